The maximum atomic E-state index is 5.24. The SMILES string of the molecule is Brc1ccc(C2=CC3=CC4=NC(=C(c5ccccc5)C5=NC(=CC6=NC(=C(c7ccccc7)C2=N3)C=C6)C=C5)C=C4)cc1. The van der Waals surface area contributed by atoms with Gasteiger partial charge in [0.25, 0.3) is 0 Å². The van der Waals surface area contributed by atoms with Gasteiger partial charge in [0.2, 0.25) is 0 Å². The first-order valence-corrected chi connectivity index (χ1v) is 14.9. The van der Waals surface area contributed by atoms with Crippen LogP contribution in [0.4, 0.5) is 0 Å². The van der Waals surface area contributed by atoms with E-state index in [1.807, 2.05) is 54.6 Å². The van der Waals surface area contributed by atoms with Crippen molar-refractivity contribution in [1.82, 2.24) is 0 Å². The van der Waals surface area contributed by atoms with Crippen molar-refractivity contribution < 1.29 is 0 Å². The predicted octanol–water partition coefficient (Wildman–Crippen LogP) is 8.92. The second-order valence-corrected chi connectivity index (χ2v) is 11.4. The molecule has 5 heterocycles. The standard InChI is InChI=1S/C38H23BrN4/c39-27-13-11-24(12-14-27)32-23-31-22-30-16-19-34(41-30)36(25-7-3-1-4-8-25)33-18-15-28(40-33)21-29-17-20-35(42-29)37(38(32)43-31)26-9-5-2-6-10-26/h1-23H. The second-order valence-electron chi connectivity index (χ2n) is 10.5. The first-order valence-electron chi connectivity index (χ1n) is 14.1. The van der Waals surface area contributed by atoms with E-state index < -0.39 is 0 Å². The molecule has 202 valence electrons. The van der Waals surface area contributed by atoms with Crippen LogP contribution in [0.1, 0.15) is 16.7 Å². The largest absolute Gasteiger partial charge is 0.248 e. The molecule has 5 aliphatic heterocycles. The zero-order valence-electron chi connectivity index (χ0n) is 22.9. The van der Waals surface area contributed by atoms with Gasteiger partial charge in [0.15, 0.2) is 0 Å². The van der Waals surface area contributed by atoms with Crippen LogP contribution in [0.3, 0.4) is 0 Å². The van der Waals surface area contributed by atoms with Gasteiger partial charge in [0, 0.05) is 21.2 Å². The fourth-order valence-corrected chi connectivity index (χ4v) is 5.95. The van der Waals surface area contributed by atoms with Crippen LogP contribution >= 0.6 is 15.9 Å². The summed E-state index contributed by atoms with van der Waals surface area (Å²) in [6.07, 6.45) is 18.6. The first kappa shape index (κ1) is 25.5. The van der Waals surface area contributed by atoms with Gasteiger partial charge in [-0.25, -0.2) is 20.0 Å². The fourth-order valence-electron chi connectivity index (χ4n) is 5.69. The van der Waals surface area contributed by atoms with Gasteiger partial charge in [-0.3, -0.25) is 0 Å². The number of halogens is 1. The monoisotopic (exact) mass is 614 g/mol. The summed E-state index contributed by atoms with van der Waals surface area (Å²) in [5.74, 6) is 0. The third-order valence-corrected chi connectivity index (χ3v) is 8.18. The summed E-state index contributed by atoms with van der Waals surface area (Å²) >= 11 is 3.59. The molecule has 5 aliphatic rings. The van der Waals surface area contributed by atoms with Crippen LogP contribution in [-0.4, -0.2) is 22.8 Å². The molecular weight excluding hydrogens is 592 g/mol. The number of hydrogen-bond donors (Lipinski definition) is 0. The van der Waals surface area contributed by atoms with Crippen LogP contribution in [-0.2, 0) is 0 Å². The molecule has 8 rings (SSSR count). The number of allylic oxidation sites excluding steroid dienone is 12. The molecule has 4 nitrogen and oxygen atoms in total. The molecule has 0 atom stereocenters. The molecule has 0 aromatic heterocycles. The van der Waals surface area contributed by atoms with Crippen LogP contribution in [0.15, 0.2) is 187 Å². The third kappa shape index (κ3) is 4.84. The highest BCUT2D eigenvalue weighted by Gasteiger charge is 2.26. The van der Waals surface area contributed by atoms with E-state index in [4.69, 9.17) is 20.0 Å². The van der Waals surface area contributed by atoms with Crippen LogP contribution in [0.2, 0.25) is 0 Å². The lowest BCUT2D eigenvalue weighted by molar-refractivity contribution is 1.41. The van der Waals surface area contributed by atoms with Gasteiger partial charge < -0.3 is 0 Å². The van der Waals surface area contributed by atoms with E-state index in [-0.39, 0.29) is 0 Å². The van der Waals surface area contributed by atoms with Gasteiger partial charge in [-0.15, -0.1) is 0 Å². The molecule has 0 amide bonds. The highest BCUT2D eigenvalue weighted by atomic mass is 79.9. The maximum absolute atomic E-state index is 5.24. The quantitative estimate of drug-likeness (QED) is 0.283. The Hall–Kier alpha value is -5.26. The van der Waals surface area contributed by atoms with Gasteiger partial charge in [0.1, 0.15) is 0 Å². The molecule has 3 aromatic rings. The van der Waals surface area contributed by atoms with E-state index in [2.05, 4.69) is 101 Å². The minimum absolute atomic E-state index is 0.839. The van der Waals surface area contributed by atoms with E-state index in [9.17, 15) is 0 Å². The van der Waals surface area contributed by atoms with Gasteiger partial charge >= 0.3 is 0 Å². The van der Waals surface area contributed by atoms with Crippen LogP contribution in [0.25, 0.3) is 16.7 Å². The van der Waals surface area contributed by atoms with E-state index in [1.54, 1.807) is 0 Å². The summed E-state index contributed by atoms with van der Waals surface area (Å²) in [6, 6.07) is 29.1. The van der Waals surface area contributed by atoms with Crippen molar-refractivity contribution in [3.63, 3.8) is 0 Å². The molecule has 5 heteroatoms. The molecule has 8 bridgehead atoms. The highest BCUT2D eigenvalue weighted by molar-refractivity contribution is 9.10. The number of hydrogen-bond acceptors (Lipinski definition) is 4. The maximum Gasteiger partial charge on any atom is 0.0816 e. The average Bonchev–Trinajstić information content (AvgIpc) is 3.85. The summed E-state index contributed by atoms with van der Waals surface area (Å²) in [6.45, 7) is 0. The molecule has 3 aromatic carbocycles. The minimum Gasteiger partial charge on any atom is -0.248 e. The lowest BCUT2D eigenvalue weighted by atomic mass is 9.91. The van der Waals surface area contributed by atoms with Crippen molar-refractivity contribution in [3.05, 3.63) is 184 Å². The van der Waals surface area contributed by atoms with Crippen molar-refractivity contribution in [2.75, 3.05) is 0 Å². The molecule has 0 saturated heterocycles. The smallest absolute Gasteiger partial charge is 0.0816 e. The molecule has 0 aliphatic carbocycles. The Kier molecular flexibility index (Phi) is 6.24. The van der Waals surface area contributed by atoms with Gasteiger partial charge in [-0.05, 0) is 83.5 Å². The molecular formula is C38H23BrN4. The molecule has 0 saturated carbocycles. The Morgan fingerprint density at radius 2 is 1.05 bits per heavy atom. The highest BCUT2D eigenvalue weighted by Crippen LogP contribution is 2.37. The molecule has 0 spiro atoms. The average molecular weight is 616 g/mol. The molecule has 0 fully saturated rings. The van der Waals surface area contributed by atoms with Crippen molar-refractivity contribution in [1.29, 1.82) is 0 Å². The summed E-state index contributed by atoms with van der Waals surface area (Å²) < 4.78 is 1.03. The first-order chi connectivity index (χ1) is 21.2. The zero-order chi connectivity index (χ0) is 28.8. The number of benzene rings is 3. The Balaban J connectivity index is 1.39. The lowest BCUT2D eigenvalue weighted by Crippen LogP contribution is -2.05. The fraction of sp³-hybridized carbons (Fsp3) is 0. The van der Waals surface area contributed by atoms with Gasteiger partial charge in [-0.1, -0.05) is 88.7 Å². The summed E-state index contributed by atoms with van der Waals surface area (Å²) in [7, 11) is 0. The second kappa shape index (κ2) is 10.5. The summed E-state index contributed by atoms with van der Waals surface area (Å²) in [4.78, 5) is 20.4. The minimum atomic E-state index is 0.839. The molecule has 43 heavy (non-hydrogen) atoms. The molecule has 0 N–H and O–H groups in total. The van der Waals surface area contributed by atoms with Gasteiger partial charge in [-0.2, -0.15) is 0 Å². The van der Waals surface area contributed by atoms with Crippen LogP contribution in [0.5, 0.6) is 0 Å². The van der Waals surface area contributed by atoms with Crippen molar-refractivity contribution in [3.8, 4) is 0 Å². The van der Waals surface area contributed by atoms with E-state index >= 15 is 0 Å². The van der Waals surface area contributed by atoms with Crippen molar-refractivity contribution in [2.24, 2.45) is 20.0 Å². The Morgan fingerprint density at radius 3 is 1.72 bits per heavy atom. The van der Waals surface area contributed by atoms with E-state index in [0.29, 0.717) is 0 Å². The van der Waals surface area contributed by atoms with Crippen LogP contribution < -0.4 is 0 Å². The van der Waals surface area contributed by atoms with Crippen molar-refractivity contribution >= 4 is 55.5 Å². The molecule has 0 unspecified atom stereocenters. The normalized spacial score (nSPS) is 18.4. The van der Waals surface area contributed by atoms with Crippen molar-refractivity contribution in [2.45, 2.75) is 0 Å². The number of fused-ring (bicyclic) bond motifs is 4. The Bertz CT molecular complexity index is 2070. The molecule has 0 radical (unpaired) electrons. The number of nitrogens with zero attached hydrogens (tertiary/aromatic N) is 4. The van der Waals surface area contributed by atoms with Gasteiger partial charge in [0.05, 0.1) is 45.6 Å². The third-order valence-electron chi connectivity index (χ3n) is 7.65. The number of aliphatic imine (C=N–C) groups is 4. The van der Waals surface area contributed by atoms with Crippen LogP contribution in [0, 0.1) is 0 Å². The zero-order valence-corrected chi connectivity index (χ0v) is 24.5. The number of rotatable bonds is 3. The Morgan fingerprint density at radius 1 is 0.442 bits per heavy atom. The predicted molar refractivity (Wildman–Crippen MR) is 182 cm³/mol. The summed E-state index contributed by atoms with van der Waals surface area (Å²) in [5, 5.41) is 0. The Labute approximate surface area is 258 Å². The summed E-state index contributed by atoms with van der Waals surface area (Å²) in [5.41, 5.74) is 13.1. The van der Waals surface area contributed by atoms with E-state index in [1.165, 1.54) is 0 Å². The van der Waals surface area contributed by atoms with E-state index in [0.717, 1.165) is 83.5 Å². The topological polar surface area (TPSA) is 49.4 Å². The lowest BCUT2D eigenvalue weighted by Gasteiger charge is -2.14.